The van der Waals surface area contributed by atoms with Crippen molar-refractivity contribution in [2.24, 2.45) is 0 Å². The van der Waals surface area contributed by atoms with E-state index in [4.69, 9.17) is 11.6 Å². The van der Waals surface area contributed by atoms with Gasteiger partial charge in [0, 0.05) is 22.0 Å². The molecule has 1 amide bonds. The first kappa shape index (κ1) is 19.5. The fraction of sp³-hybridized carbons (Fsp3) is 0.190. The molecule has 3 aromatic rings. The standard InChI is InChI=1S/C21H20ClFN2OS/c1-25(13-16-17(22)9-5-10-18(16)23)14-20(26)24-21(19-11-6-12-27-19)15-7-3-2-4-8-15/h2-12,21H,13-14H2,1H3,(H,24,26)/t21-/m1/s1. The van der Waals surface area contributed by atoms with E-state index in [1.807, 2.05) is 47.8 Å². The summed E-state index contributed by atoms with van der Waals surface area (Å²) in [6.45, 7) is 0.396. The Bertz CT molecular complexity index is 866. The summed E-state index contributed by atoms with van der Waals surface area (Å²) < 4.78 is 14.0. The Kier molecular flexibility index (Phi) is 6.61. The number of carbonyl (C=O) groups is 1. The largest absolute Gasteiger partial charge is 0.343 e. The highest BCUT2D eigenvalue weighted by atomic mass is 35.5. The maximum atomic E-state index is 14.0. The van der Waals surface area contributed by atoms with E-state index >= 15 is 0 Å². The minimum atomic E-state index is -0.365. The lowest BCUT2D eigenvalue weighted by Crippen LogP contribution is -2.37. The second-order valence-corrected chi connectivity index (χ2v) is 7.69. The maximum Gasteiger partial charge on any atom is 0.234 e. The van der Waals surface area contributed by atoms with Gasteiger partial charge in [-0.3, -0.25) is 9.69 Å². The summed E-state index contributed by atoms with van der Waals surface area (Å²) in [7, 11) is 1.77. The Morgan fingerprint density at radius 2 is 1.93 bits per heavy atom. The monoisotopic (exact) mass is 402 g/mol. The van der Waals surface area contributed by atoms with Gasteiger partial charge in [0.2, 0.25) is 5.91 Å². The Morgan fingerprint density at radius 1 is 1.15 bits per heavy atom. The molecule has 1 N–H and O–H groups in total. The number of rotatable bonds is 7. The molecular formula is C21H20ClFN2OS. The Labute approximate surface area is 167 Å². The van der Waals surface area contributed by atoms with E-state index in [2.05, 4.69) is 5.32 Å². The number of nitrogens with zero attached hydrogens (tertiary/aromatic N) is 1. The molecule has 0 fully saturated rings. The Balaban J connectivity index is 1.68. The van der Waals surface area contributed by atoms with Crippen molar-refractivity contribution < 1.29 is 9.18 Å². The van der Waals surface area contributed by atoms with E-state index in [-0.39, 0.29) is 30.9 Å². The van der Waals surface area contributed by atoms with Gasteiger partial charge in [-0.2, -0.15) is 0 Å². The predicted molar refractivity (Wildman–Crippen MR) is 108 cm³/mol. The fourth-order valence-electron chi connectivity index (χ4n) is 2.88. The zero-order valence-corrected chi connectivity index (χ0v) is 16.4. The Morgan fingerprint density at radius 3 is 2.59 bits per heavy atom. The zero-order valence-electron chi connectivity index (χ0n) is 14.9. The summed E-state index contributed by atoms with van der Waals surface area (Å²) in [4.78, 5) is 15.4. The van der Waals surface area contributed by atoms with Crippen LogP contribution in [0.1, 0.15) is 22.0 Å². The van der Waals surface area contributed by atoms with E-state index in [9.17, 15) is 9.18 Å². The first-order chi connectivity index (χ1) is 13.0. The predicted octanol–water partition coefficient (Wildman–Crippen LogP) is 4.88. The van der Waals surface area contributed by atoms with Crippen molar-refractivity contribution in [3.63, 3.8) is 0 Å². The summed E-state index contributed by atoms with van der Waals surface area (Å²) >= 11 is 7.67. The number of carbonyl (C=O) groups excluding carboxylic acids is 1. The van der Waals surface area contributed by atoms with E-state index in [0.29, 0.717) is 10.6 Å². The molecule has 0 bridgehead atoms. The molecule has 6 heteroatoms. The molecule has 0 aliphatic carbocycles. The minimum Gasteiger partial charge on any atom is -0.343 e. The van der Waals surface area contributed by atoms with E-state index in [0.717, 1.165) is 10.4 Å². The third kappa shape index (κ3) is 5.16. The Hall–Kier alpha value is -2.21. The van der Waals surface area contributed by atoms with Crippen molar-refractivity contribution in [2.45, 2.75) is 12.6 Å². The lowest BCUT2D eigenvalue weighted by atomic mass is 10.1. The summed E-state index contributed by atoms with van der Waals surface area (Å²) in [5.41, 5.74) is 1.42. The normalized spacial score (nSPS) is 12.1. The lowest BCUT2D eigenvalue weighted by molar-refractivity contribution is -0.122. The first-order valence-electron chi connectivity index (χ1n) is 8.53. The minimum absolute atomic E-state index is 0.132. The third-order valence-corrected chi connectivity index (χ3v) is 5.46. The van der Waals surface area contributed by atoms with Gasteiger partial charge in [0.25, 0.3) is 0 Å². The van der Waals surface area contributed by atoms with Crippen LogP contribution in [0, 0.1) is 5.82 Å². The topological polar surface area (TPSA) is 32.3 Å². The van der Waals surface area contributed by atoms with Crippen LogP contribution in [0.3, 0.4) is 0 Å². The van der Waals surface area contributed by atoms with Gasteiger partial charge in [0.1, 0.15) is 5.82 Å². The summed E-state index contributed by atoms with van der Waals surface area (Å²) in [5, 5.41) is 5.44. The number of hydrogen-bond acceptors (Lipinski definition) is 3. The van der Waals surface area contributed by atoms with Crippen molar-refractivity contribution in [1.82, 2.24) is 10.2 Å². The second-order valence-electron chi connectivity index (χ2n) is 6.30. The number of hydrogen-bond donors (Lipinski definition) is 1. The van der Waals surface area contributed by atoms with Gasteiger partial charge in [0.15, 0.2) is 0 Å². The molecule has 1 heterocycles. The summed E-state index contributed by atoms with van der Waals surface area (Å²) in [6.07, 6.45) is 0. The highest BCUT2D eigenvalue weighted by Crippen LogP contribution is 2.26. The van der Waals surface area contributed by atoms with Crippen molar-refractivity contribution in [3.8, 4) is 0 Å². The van der Waals surface area contributed by atoms with E-state index in [1.165, 1.54) is 6.07 Å². The van der Waals surface area contributed by atoms with Crippen LogP contribution in [0.5, 0.6) is 0 Å². The second kappa shape index (κ2) is 9.13. The van der Waals surface area contributed by atoms with Gasteiger partial charge < -0.3 is 5.32 Å². The molecule has 0 radical (unpaired) electrons. The van der Waals surface area contributed by atoms with Crippen LogP contribution in [0.4, 0.5) is 4.39 Å². The van der Waals surface area contributed by atoms with Crippen LogP contribution in [-0.4, -0.2) is 24.4 Å². The molecule has 0 aliphatic heterocycles. The molecule has 0 unspecified atom stereocenters. The molecule has 1 aromatic heterocycles. The van der Waals surface area contributed by atoms with Gasteiger partial charge in [0.05, 0.1) is 12.6 Å². The van der Waals surface area contributed by atoms with Gasteiger partial charge in [-0.25, -0.2) is 4.39 Å². The highest BCUT2D eigenvalue weighted by molar-refractivity contribution is 7.10. The number of thiophene rings is 1. The average molecular weight is 403 g/mol. The molecule has 0 saturated heterocycles. The smallest absolute Gasteiger partial charge is 0.234 e. The van der Waals surface area contributed by atoms with Gasteiger partial charge in [-0.1, -0.05) is 54.1 Å². The number of nitrogens with one attached hydrogen (secondary N) is 1. The number of halogens is 2. The fourth-order valence-corrected chi connectivity index (χ4v) is 3.91. The van der Waals surface area contributed by atoms with Crippen LogP contribution < -0.4 is 5.32 Å². The zero-order chi connectivity index (χ0) is 19.2. The van der Waals surface area contributed by atoms with E-state index < -0.39 is 0 Å². The number of likely N-dealkylation sites (N-methyl/N-ethyl adjacent to an activating group) is 1. The molecule has 0 spiro atoms. The van der Waals surface area contributed by atoms with Crippen molar-refractivity contribution in [3.05, 3.63) is 92.9 Å². The molecule has 3 nitrogen and oxygen atoms in total. The average Bonchev–Trinajstić information content (AvgIpc) is 3.18. The number of benzene rings is 2. The highest BCUT2D eigenvalue weighted by Gasteiger charge is 2.19. The molecular weight excluding hydrogens is 383 g/mol. The van der Waals surface area contributed by atoms with Crippen molar-refractivity contribution in [1.29, 1.82) is 0 Å². The van der Waals surface area contributed by atoms with Crippen LogP contribution in [0.2, 0.25) is 5.02 Å². The first-order valence-corrected chi connectivity index (χ1v) is 9.79. The quantitative estimate of drug-likeness (QED) is 0.611. The molecule has 140 valence electrons. The SMILES string of the molecule is CN(CC(=O)N[C@H](c1ccccc1)c1cccs1)Cc1c(F)cccc1Cl. The molecule has 2 aromatic carbocycles. The van der Waals surface area contributed by atoms with Gasteiger partial charge >= 0.3 is 0 Å². The molecule has 3 rings (SSSR count). The van der Waals surface area contributed by atoms with Gasteiger partial charge in [-0.15, -0.1) is 11.3 Å². The molecule has 1 atom stereocenters. The van der Waals surface area contributed by atoms with Crippen LogP contribution in [0.25, 0.3) is 0 Å². The molecule has 0 aliphatic rings. The van der Waals surface area contributed by atoms with E-state index in [1.54, 1.807) is 35.4 Å². The maximum absolute atomic E-state index is 14.0. The van der Waals surface area contributed by atoms with Crippen LogP contribution >= 0.6 is 22.9 Å². The molecule has 0 saturated carbocycles. The van der Waals surface area contributed by atoms with Crippen LogP contribution in [0.15, 0.2) is 66.0 Å². The lowest BCUT2D eigenvalue weighted by Gasteiger charge is -2.21. The molecule has 27 heavy (non-hydrogen) atoms. The van der Waals surface area contributed by atoms with Crippen molar-refractivity contribution >= 4 is 28.8 Å². The van der Waals surface area contributed by atoms with Gasteiger partial charge in [-0.05, 0) is 36.2 Å². The number of amides is 1. The third-order valence-electron chi connectivity index (χ3n) is 4.17. The van der Waals surface area contributed by atoms with Crippen molar-refractivity contribution in [2.75, 3.05) is 13.6 Å². The summed E-state index contributed by atoms with van der Waals surface area (Å²) in [6, 6.07) is 18.2. The summed E-state index contributed by atoms with van der Waals surface area (Å²) in [5.74, 6) is -0.497. The van der Waals surface area contributed by atoms with Crippen LogP contribution in [-0.2, 0) is 11.3 Å².